The van der Waals surface area contributed by atoms with Crippen LogP contribution in [0.5, 0.6) is 0 Å². The summed E-state index contributed by atoms with van der Waals surface area (Å²) < 4.78 is 0. The zero-order chi connectivity index (χ0) is 18.7. The van der Waals surface area contributed by atoms with Crippen molar-refractivity contribution >= 4 is 45.9 Å². The summed E-state index contributed by atoms with van der Waals surface area (Å²) in [6.45, 7) is 2.05. The van der Waals surface area contributed by atoms with Crippen molar-refractivity contribution in [2.24, 2.45) is 10.8 Å². The Morgan fingerprint density at radius 3 is 2.54 bits per heavy atom. The number of aryl methyl sites for hydroxylation is 1. The minimum absolute atomic E-state index is 0.381. The first-order chi connectivity index (χ1) is 12.4. The first-order valence-corrected chi connectivity index (χ1v) is 9.51. The summed E-state index contributed by atoms with van der Waals surface area (Å²) in [4.78, 5) is 13.1. The summed E-state index contributed by atoms with van der Waals surface area (Å²) in [6.07, 6.45) is 3.76. The molecule has 7 heteroatoms. The fraction of sp³-hybridized carbons (Fsp3) is 0.158. The van der Waals surface area contributed by atoms with Crippen LogP contribution in [0.3, 0.4) is 0 Å². The molecule has 1 heterocycles. The van der Waals surface area contributed by atoms with Gasteiger partial charge in [0.15, 0.2) is 0 Å². The third-order valence-electron chi connectivity index (χ3n) is 3.98. The number of benzene rings is 2. The Morgan fingerprint density at radius 2 is 1.96 bits per heavy atom. The summed E-state index contributed by atoms with van der Waals surface area (Å²) in [7, 11) is 0. The Labute approximate surface area is 166 Å². The molecule has 3 rings (SSSR count). The van der Waals surface area contributed by atoms with E-state index in [1.165, 1.54) is 17.3 Å². The van der Waals surface area contributed by atoms with Gasteiger partial charge in [-0.1, -0.05) is 64.8 Å². The van der Waals surface area contributed by atoms with Crippen molar-refractivity contribution in [3.8, 4) is 0 Å². The van der Waals surface area contributed by atoms with Crippen molar-refractivity contribution in [3.63, 3.8) is 0 Å². The highest BCUT2D eigenvalue weighted by atomic mass is 35.5. The molecule has 0 radical (unpaired) electrons. The van der Waals surface area contributed by atoms with Gasteiger partial charge >= 0.3 is 0 Å². The van der Waals surface area contributed by atoms with Crippen LogP contribution >= 0.6 is 35.0 Å². The van der Waals surface area contributed by atoms with Crippen LogP contribution in [0, 0.1) is 6.92 Å². The molecular formula is C19H17Cl2N3OS. The first-order valence-electron chi connectivity index (χ1n) is 7.94. The molecule has 2 aromatic carbocycles. The zero-order valence-corrected chi connectivity index (χ0v) is 16.3. The molecule has 0 aromatic heterocycles. The van der Waals surface area contributed by atoms with Gasteiger partial charge in [-0.15, -0.1) is 0 Å². The molecule has 0 aliphatic carbocycles. The minimum Gasteiger partial charge on any atom is -0.369 e. The molecule has 0 saturated heterocycles. The quantitative estimate of drug-likeness (QED) is 0.786. The van der Waals surface area contributed by atoms with Gasteiger partial charge in [-0.2, -0.15) is 5.10 Å². The lowest BCUT2D eigenvalue weighted by Crippen LogP contribution is -2.39. The Kier molecular flexibility index (Phi) is 5.91. The molecule has 0 saturated carbocycles. The standard InChI is InChI=1S/C19H17Cl2N3OS/c1-11-2-5-13(6-3-11)26-17-9-8-16(23-24-17)18(19(22)25)14-7-4-12(20)10-15(14)21/h2-10,16,18,23H,1H3,(H2,22,25). The maximum atomic E-state index is 12.0. The molecule has 0 spiro atoms. The zero-order valence-electron chi connectivity index (χ0n) is 13.9. The van der Waals surface area contributed by atoms with E-state index in [0.717, 1.165) is 9.94 Å². The monoisotopic (exact) mass is 405 g/mol. The van der Waals surface area contributed by atoms with E-state index in [2.05, 4.69) is 22.7 Å². The van der Waals surface area contributed by atoms with Crippen molar-refractivity contribution in [2.75, 3.05) is 0 Å². The molecule has 4 nitrogen and oxygen atoms in total. The molecule has 3 N–H and O–H groups in total. The highest BCUT2D eigenvalue weighted by Crippen LogP contribution is 2.31. The third-order valence-corrected chi connectivity index (χ3v) is 5.48. The van der Waals surface area contributed by atoms with Gasteiger partial charge in [0.2, 0.25) is 5.91 Å². The topological polar surface area (TPSA) is 67.5 Å². The number of nitrogens with two attached hydrogens (primary N) is 1. The Hall–Kier alpha value is -1.95. The number of halogens is 2. The highest BCUT2D eigenvalue weighted by molar-refractivity contribution is 8.14. The van der Waals surface area contributed by atoms with Crippen molar-refractivity contribution in [3.05, 3.63) is 75.8 Å². The number of amides is 1. The van der Waals surface area contributed by atoms with Crippen LogP contribution in [0.2, 0.25) is 10.0 Å². The largest absolute Gasteiger partial charge is 0.369 e. The second-order valence-corrected chi connectivity index (χ2v) is 7.86. The number of primary amides is 1. The number of hydrogen-bond acceptors (Lipinski definition) is 4. The van der Waals surface area contributed by atoms with Gasteiger partial charge in [0.1, 0.15) is 5.04 Å². The van der Waals surface area contributed by atoms with Crippen LogP contribution in [0.15, 0.2) is 64.6 Å². The average Bonchev–Trinajstić information content (AvgIpc) is 2.60. The number of thioether (sulfide) groups is 1. The summed E-state index contributed by atoms with van der Waals surface area (Å²) in [5.41, 5.74) is 10.5. The van der Waals surface area contributed by atoms with Crippen LogP contribution < -0.4 is 11.2 Å². The first kappa shape index (κ1) is 18.8. The Bertz CT molecular complexity index is 881. The number of nitrogens with one attached hydrogen (secondary N) is 1. The molecule has 0 bridgehead atoms. The van der Waals surface area contributed by atoms with E-state index < -0.39 is 11.8 Å². The molecule has 26 heavy (non-hydrogen) atoms. The number of rotatable bonds is 4. The molecule has 2 aromatic rings. The summed E-state index contributed by atoms with van der Waals surface area (Å²) in [5, 5.41) is 6.08. The molecule has 134 valence electrons. The van der Waals surface area contributed by atoms with Crippen molar-refractivity contribution < 1.29 is 4.79 Å². The maximum absolute atomic E-state index is 12.0. The molecule has 1 aliphatic rings. The Balaban J connectivity index is 1.76. The fourth-order valence-corrected chi connectivity index (χ4v) is 3.94. The van der Waals surface area contributed by atoms with Gasteiger partial charge in [0, 0.05) is 14.9 Å². The fourth-order valence-electron chi connectivity index (χ4n) is 2.65. The smallest absolute Gasteiger partial charge is 0.227 e. The van der Waals surface area contributed by atoms with Crippen molar-refractivity contribution in [2.45, 2.75) is 23.8 Å². The van der Waals surface area contributed by atoms with Crippen molar-refractivity contribution in [1.82, 2.24) is 5.43 Å². The lowest BCUT2D eigenvalue weighted by Gasteiger charge is -2.25. The molecule has 1 aliphatic heterocycles. The molecule has 2 atom stereocenters. The van der Waals surface area contributed by atoms with Gasteiger partial charge in [-0.3, -0.25) is 4.79 Å². The van der Waals surface area contributed by atoms with E-state index in [-0.39, 0.29) is 6.04 Å². The third kappa shape index (κ3) is 4.41. The lowest BCUT2D eigenvalue weighted by molar-refractivity contribution is -0.119. The number of carbonyl (C=O) groups excluding carboxylic acids is 1. The minimum atomic E-state index is -0.648. The predicted octanol–water partition coefficient (Wildman–Crippen LogP) is 4.50. The SMILES string of the molecule is Cc1ccc(SC2=NNC(C(C(N)=O)c3ccc(Cl)cc3Cl)C=C2)cc1. The Morgan fingerprint density at radius 1 is 1.23 bits per heavy atom. The maximum Gasteiger partial charge on any atom is 0.227 e. The summed E-state index contributed by atoms with van der Waals surface area (Å²) >= 11 is 13.7. The van der Waals surface area contributed by atoms with Crippen LogP contribution in [-0.4, -0.2) is 17.0 Å². The van der Waals surface area contributed by atoms with E-state index in [1.54, 1.807) is 18.2 Å². The number of nitrogens with zero attached hydrogens (tertiary/aromatic N) is 1. The van der Waals surface area contributed by atoms with E-state index in [4.69, 9.17) is 28.9 Å². The van der Waals surface area contributed by atoms with Gasteiger partial charge < -0.3 is 11.2 Å². The average molecular weight is 406 g/mol. The highest BCUT2D eigenvalue weighted by Gasteiger charge is 2.29. The molecule has 0 fully saturated rings. The predicted molar refractivity (Wildman–Crippen MR) is 109 cm³/mol. The normalized spacial score (nSPS) is 17.3. The van der Waals surface area contributed by atoms with Crippen LogP contribution in [0.1, 0.15) is 17.0 Å². The van der Waals surface area contributed by atoms with E-state index in [1.807, 2.05) is 31.2 Å². The van der Waals surface area contributed by atoms with Crippen LogP contribution in [0.25, 0.3) is 0 Å². The van der Waals surface area contributed by atoms with E-state index in [9.17, 15) is 4.79 Å². The second kappa shape index (κ2) is 8.16. The summed E-state index contributed by atoms with van der Waals surface area (Å²) in [6, 6.07) is 12.8. The molecule has 1 amide bonds. The van der Waals surface area contributed by atoms with E-state index >= 15 is 0 Å². The van der Waals surface area contributed by atoms with Gasteiger partial charge in [0.25, 0.3) is 0 Å². The molecular weight excluding hydrogens is 389 g/mol. The number of carbonyl (C=O) groups is 1. The molecule has 2 unspecified atom stereocenters. The summed E-state index contributed by atoms with van der Waals surface area (Å²) in [5.74, 6) is -1.13. The van der Waals surface area contributed by atoms with Gasteiger partial charge in [0.05, 0.1) is 12.0 Å². The van der Waals surface area contributed by atoms with Gasteiger partial charge in [-0.25, -0.2) is 0 Å². The van der Waals surface area contributed by atoms with Crippen molar-refractivity contribution in [1.29, 1.82) is 0 Å². The lowest BCUT2D eigenvalue weighted by atomic mass is 9.90. The van der Waals surface area contributed by atoms with Crippen LogP contribution in [-0.2, 0) is 4.79 Å². The second-order valence-electron chi connectivity index (χ2n) is 5.93. The van der Waals surface area contributed by atoms with E-state index in [0.29, 0.717) is 15.6 Å². The van der Waals surface area contributed by atoms with Gasteiger partial charge in [-0.05, 0) is 42.8 Å². The van der Waals surface area contributed by atoms with Crippen LogP contribution in [0.4, 0.5) is 0 Å². The number of hydrazone groups is 1. The number of hydrogen-bond donors (Lipinski definition) is 2.